The topological polar surface area (TPSA) is 131 Å². The van der Waals surface area contributed by atoms with E-state index in [2.05, 4.69) is 10.6 Å². The van der Waals surface area contributed by atoms with Crippen molar-refractivity contribution in [1.29, 1.82) is 0 Å². The van der Waals surface area contributed by atoms with Crippen molar-refractivity contribution in [3.8, 4) is 5.75 Å². The third-order valence-electron chi connectivity index (χ3n) is 7.36. The summed E-state index contributed by atoms with van der Waals surface area (Å²) >= 11 is 0. The maximum absolute atomic E-state index is 14.0. The number of nitrogens with zero attached hydrogens (tertiary/aromatic N) is 1. The number of ketones is 1. The molecular formula is C32H35FN4O5. The summed E-state index contributed by atoms with van der Waals surface area (Å²) in [4.78, 5) is 54.5. The van der Waals surface area contributed by atoms with Gasteiger partial charge in [-0.2, -0.15) is 0 Å². The number of benzene rings is 3. The third kappa shape index (κ3) is 7.19. The van der Waals surface area contributed by atoms with Crippen LogP contribution in [0.15, 0.2) is 66.7 Å². The van der Waals surface area contributed by atoms with Crippen LogP contribution in [0.4, 0.5) is 10.1 Å². The second kappa shape index (κ2) is 13.9. The average Bonchev–Trinajstić information content (AvgIpc) is 3.00. The number of ether oxygens (including phenoxy) is 1. The maximum Gasteiger partial charge on any atom is 0.247 e. The Kier molecular flexibility index (Phi) is 10.0. The van der Waals surface area contributed by atoms with Gasteiger partial charge < -0.3 is 26.0 Å². The molecule has 3 amide bonds. The van der Waals surface area contributed by atoms with Gasteiger partial charge in [-0.25, -0.2) is 4.39 Å². The van der Waals surface area contributed by atoms with E-state index >= 15 is 0 Å². The average molecular weight is 575 g/mol. The van der Waals surface area contributed by atoms with E-state index in [1.165, 1.54) is 24.1 Å². The number of amides is 3. The van der Waals surface area contributed by atoms with Crippen molar-refractivity contribution in [2.75, 3.05) is 19.0 Å². The fraction of sp³-hybridized carbons (Fsp3) is 0.312. The van der Waals surface area contributed by atoms with Crippen LogP contribution < -0.4 is 21.1 Å². The van der Waals surface area contributed by atoms with Crippen LogP contribution >= 0.6 is 0 Å². The number of anilines is 1. The monoisotopic (exact) mass is 574 g/mol. The second-order valence-corrected chi connectivity index (χ2v) is 10.2. The lowest BCUT2D eigenvalue weighted by atomic mass is 9.92. The summed E-state index contributed by atoms with van der Waals surface area (Å²) in [5.41, 5.74) is 8.69. The van der Waals surface area contributed by atoms with E-state index in [1.54, 1.807) is 31.2 Å². The molecule has 0 aromatic heterocycles. The summed E-state index contributed by atoms with van der Waals surface area (Å²) in [7, 11) is 1.36. The molecule has 0 bridgehead atoms. The summed E-state index contributed by atoms with van der Waals surface area (Å²) in [5, 5.41) is 5.47. The van der Waals surface area contributed by atoms with Crippen LogP contribution in [0.25, 0.3) is 0 Å². The fourth-order valence-corrected chi connectivity index (χ4v) is 5.00. The molecule has 9 nitrogen and oxygen atoms in total. The van der Waals surface area contributed by atoms with Crippen molar-refractivity contribution in [2.45, 2.75) is 51.2 Å². The van der Waals surface area contributed by atoms with E-state index in [0.717, 1.165) is 11.1 Å². The highest BCUT2D eigenvalue weighted by Crippen LogP contribution is 2.28. The van der Waals surface area contributed by atoms with Crippen molar-refractivity contribution < 1.29 is 28.3 Å². The molecule has 0 radical (unpaired) electrons. The van der Waals surface area contributed by atoms with Gasteiger partial charge in [-0.05, 0) is 42.6 Å². The van der Waals surface area contributed by atoms with Gasteiger partial charge in [0.15, 0.2) is 5.78 Å². The van der Waals surface area contributed by atoms with Crippen molar-refractivity contribution in [1.82, 2.24) is 10.2 Å². The highest BCUT2D eigenvalue weighted by molar-refractivity contribution is 6.00. The Bertz CT molecular complexity index is 1460. The van der Waals surface area contributed by atoms with Crippen LogP contribution in [0.1, 0.15) is 46.3 Å². The largest absolute Gasteiger partial charge is 0.494 e. The Morgan fingerprint density at radius 3 is 2.40 bits per heavy atom. The number of nitrogens with one attached hydrogen (secondary N) is 2. The van der Waals surface area contributed by atoms with Gasteiger partial charge in [0.25, 0.3) is 0 Å². The highest BCUT2D eigenvalue weighted by Gasteiger charge is 2.36. The molecule has 0 spiro atoms. The lowest BCUT2D eigenvalue weighted by molar-refractivity contribution is -0.142. The molecule has 3 aromatic rings. The minimum Gasteiger partial charge on any atom is -0.494 e. The number of hydrogen-bond acceptors (Lipinski definition) is 6. The summed E-state index contributed by atoms with van der Waals surface area (Å²) in [6.07, 6.45) is 0.327. The van der Waals surface area contributed by atoms with Gasteiger partial charge in [-0.15, -0.1) is 0 Å². The van der Waals surface area contributed by atoms with E-state index in [4.69, 9.17) is 10.5 Å². The van der Waals surface area contributed by atoms with Gasteiger partial charge in [0, 0.05) is 37.4 Å². The summed E-state index contributed by atoms with van der Waals surface area (Å²) in [6.45, 7) is 1.87. The van der Waals surface area contributed by atoms with Crippen molar-refractivity contribution >= 4 is 29.2 Å². The Balaban J connectivity index is 1.51. The predicted molar refractivity (Wildman–Crippen MR) is 156 cm³/mol. The normalized spacial score (nSPS) is 14.9. The van der Waals surface area contributed by atoms with E-state index in [9.17, 15) is 23.6 Å². The van der Waals surface area contributed by atoms with Crippen molar-refractivity contribution in [3.63, 3.8) is 0 Å². The van der Waals surface area contributed by atoms with Crippen LogP contribution in [0, 0.1) is 12.7 Å². The number of methoxy groups -OCH3 is 1. The number of halogens is 1. The van der Waals surface area contributed by atoms with Gasteiger partial charge >= 0.3 is 0 Å². The van der Waals surface area contributed by atoms with Crippen LogP contribution in [0.3, 0.4) is 0 Å². The summed E-state index contributed by atoms with van der Waals surface area (Å²) < 4.78 is 19.2. The zero-order valence-electron chi connectivity index (χ0n) is 23.7. The Morgan fingerprint density at radius 1 is 1.02 bits per heavy atom. The van der Waals surface area contributed by atoms with Crippen LogP contribution in [0.5, 0.6) is 5.75 Å². The minimum atomic E-state index is -1.02. The molecule has 4 rings (SSSR count). The fourth-order valence-electron chi connectivity index (χ4n) is 5.00. The molecule has 10 heteroatoms. The molecule has 3 aromatic carbocycles. The molecule has 1 aliphatic heterocycles. The smallest absolute Gasteiger partial charge is 0.247 e. The van der Waals surface area contributed by atoms with Crippen LogP contribution in [-0.2, 0) is 27.3 Å². The van der Waals surface area contributed by atoms with Gasteiger partial charge in [0.1, 0.15) is 23.7 Å². The number of aryl methyl sites for hydroxylation is 1. The molecule has 2 atom stereocenters. The molecule has 42 heavy (non-hydrogen) atoms. The molecular weight excluding hydrogens is 539 g/mol. The molecule has 220 valence electrons. The first-order chi connectivity index (χ1) is 20.2. The molecule has 1 aliphatic rings. The van der Waals surface area contributed by atoms with Crippen LogP contribution in [0.2, 0.25) is 0 Å². The first-order valence-electron chi connectivity index (χ1n) is 13.8. The Hall–Kier alpha value is -4.57. The number of fused-ring (bicyclic) bond motifs is 1. The lowest BCUT2D eigenvalue weighted by Gasteiger charge is -2.36. The summed E-state index contributed by atoms with van der Waals surface area (Å²) in [6, 6.07) is 17.0. The number of carbonyl (C=O) groups excluding carboxylic acids is 4. The third-order valence-corrected chi connectivity index (χ3v) is 7.36. The van der Waals surface area contributed by atoms with E-state index in [0.29, 0.717) is 11.1 Å². The van der Waals surface area contributed by atoms with Crippen molar-refractivity contribution in [2.24, 2.45) is 5.73 Å². The lowest BCUT2D eigenvalue weighted by Crippen LogP contribution is -2.56. The van der Waals surface area contributed by atoms with Gasteiger partial charge in [-0.1, -0.05) is 54.6 Å². The molecule has 0 saturated carbocycles. The van der Waals surface area contributed by atoms with Gasteiger partial charge in [-0.3, -0.25) is 19.2 Å². The zero-order chi connectivity index (χ0) is 30.2. The number of Topliss-reactive ketones (excluding diaryl/α,β-unsaturated/α-hetero) is 1. The highest BCUT2D eigenvalue weighted by atomic mass is 19.1. The minimum absolute atomic E-state index is 0.00641. The van der Waals surface area contributed by atoms with E-state index in [-0.39, 0.29) is 61.9 Å². The number of carbonyl (C=O) groups is 4. The Labute approximate surface area is 244 Å². The first kappa shape index (κ1) is 30.4. The number of rotatable bonds is 11. The summed E-state index contributed by atoms with van der Waals surface area (Å²) in [5.74, 6) is -1.91. The van der Waals surface area contributed by atoms with Gasteiger partial charge in [0.2, 0.25) is 17.7 Å². The number of nitrogens with two attached hydrogens (primary N) is 1. The standard InChI is InChI=1S/C32H35FN4O5/c1-20-16-26(29(42-2)18-24(20)33)36-31(40)25(14-15-34)35-32(41)27-17-22-10-6-7-11-23(22)19-37(27)30(39)13-12-28(38)21-8-4-3-5-9-21/h3-11,16,18,25,27H,12-15,17,19,34H2,1-2H3,(H,35,41)(H,36,40)/t25-,27-/m0/s1. The second-order valence-electron chi connectivity index (χ2n) is 10.2. The Morgan fingerprint density at radius 2 is 1.71 bits per heavy atom. The molecule has 0 unspecified atom stereocenters. The SMILES string of the molecule is COc1cc(F)c(C)cc1NC(=O)[C@H](CCN)NC(=O)[C@@H]1Cc2ccccc2CN1C(=O)CCC(=O)c1ccccc1. The zero-order valence-corrected chi connectivity index (χ0v) is 23.7. The quantitative estimate of drug-likeness (QED) is 0.301. The van der Waals surface area contributed by atoms with Gasteiger partial charge in [0.05, 0.1) is 12.8 Å². The molecule has 0 saturated heterocycles. The predicted octanol–water partition coefficient (Wildman–Crippen LogP) is 3.53. The van der Waals surface area contributed by atoms with E-state index < -0.39 is 29.7 Å². The molecule has 0 fully saturated rings. The maximum atomic E-state index is 14.0. The first-order valence-corrected chi connectivity index (χ1v) is 13.8. The molecule has 0 aliphatic carbocycles. The molecule has 1 heterocycles. The number of hydrogen-bond donors (Lipinski definition) is 3. The molecule has 4 N–H and O–H groups in total. The van der Waals surface area contributed by atoms with Crippen molar-refractivity contribution in [3.05, 3.63) is 94.8 Å². The van der Waals surface area contributed by atoms with E-state index in [1.807, 2.05) is 30.3 Å². The van der Waals surface area contributed by atoms with Crippen LogP contribution in [-0.4, -0.2) is 54.1 Å².